The molecule has 3 rings (SSSR count). The maximum absolute atomic E-state index is 11.1. The van der Waals surface area contributed by atoms with E-state index in [9.17, 15) is 15.2 Å². The van der Waals surface area contributed by atoms with Gasteiger partial charge in [-0.25, -0.2) is 4.68 Å². The zero-order valence-corrected chi connectivity index (χ0v) is 13.8. The Morgan fingerprint density at radius 1 is 1.41 bits per heavy atom. The van der Waals surface area contributed by atoms with Crippen LogP contribution in [0.3, 0.4) is 0 Å². The number of aromatic nitrogens is 3. The van der Waals surface area contributed by atoms with E-state index in [0.29, 0.717) is 15.2 Å². The predicted molar refractivity (Wildman–Crippen MR) is 88.8 cm³/mol. The second kappa shape index (κ2) is 6.29. The van der Waals surface area contributed by atoms with Crippen molar-refractivity contribution in [3.63, 3.8) is 0 Å². The maximum atomic E-state index is 11.1. The van der Waals surface area contributed by atoms with E-state index in [2.05, 4.69) is 32.9 Å². The smallest absolute Gasteiger partial charge is 0.278 e. The number of nitrogens with zero attached hydrogens (tertiary/aromatic N) is 4. The van der Waals surface area contributed by atoms with Crippen LogP contribution in [0.25, 0.3) is 11.3 Å². The van der Waals surface area contributed by atoms with Gasteiger partial charge in [0.25, 0.3) is 5.69 Å². The summed E-state index contributed by atoms with van der Waals surface area (Å²) in [7, 11) is 0. The number of hydrogen-bond donors (Lipinski definition) is 1. The molecule has 116 valence electrons. The second-order valence-corrected chi connectivity index (χ2v) is 7.06. The SMILES string of the molecule is O=[N+]([O-])c1ccccc1-c1cn([C@H]2C[C@@H](CO)C[C@@H]2I)nn1. The lowest BCUT2D eigenvalue weighted by molar-refractivity contribution is -0.384. The molecule has 7 nitrogen and oxygen atoms in total. The molecule has 0 aliphatic heterocycles. The van der Waals surface area contributed by atoms with Crippen LogP contribution in [0, 0.1) is 16.0 Å². The molecule has 1 fully saturated rings. The second-order valence-electron chi connectivity index (χ2n) is 5.46. The highest BCUT2D eigenvalue weighted by atomic mass is 127. The van der Waals surface area contributed by atoms with Gasteiger partial charge in [0.05, 0.1) is 22.7 Å². The number of aliphatic hydroxyl groups excluding tert-OH is 1. The molecule has 3 atom stereocenters. The van der Waals surface area contributed by atoms with Gasteiger partial charge in [-0.1, -0.05) is 39.9 Å². The number of halogens is 1. The first-order valence-electron chi connectivity index (χ1n) is 7.00. The lowest BCUT2D eigenvalue weighted by Crippen LogP contribution is -2.14. The first kappa shape index (κ1) is 15.3. The van der Waals surface area contributed by atoms with E-state index < -0.39 is 4.92 Å². The van der Waals surface area contributed by atoms with Gasteiger partial charge in [-0.15, -0.1) is 5.10 Å². The van der Waals surface area contributed by atoms with E-state index in [-0.39, 0.29) is 24.3 Å². The van der Waals surface area contributed by atoms with Crippen molar-refractivity contribution in [2.45, 2.75) is 22.8 Å². The highest BCUT2D eigenvalue weighted by molar-refractivity contribution is 14.1. The van der Waals surface area contributed by atoms with E-state index in [0.717, 1.165) is 12.8 Å². The number of nitro groups is 1. The topological polar surface area (TPSA) is 94.1 Å². The van der Waals surface area contributed by atoms with Crippen molar-refractivity contribution in [3.8, 4) is 11.3 Å². The molecule has 0 saturated heterocycles. The number of benzene rings is 1. The molecule has 0 unspecified atom stereocenters. The Balaban J connectivity index is 1.90. The number of para-hydroxylation sites is 1. The molecule has 1 aliphatic carbocycles. The van der Waals surface area contributed by atoms with E-state index in [1.54, 1.807) is 29.1 Å². The summed E-state index contributed by atoms with van der Waals surface area (Å²) in [6, 6.07) is 6.70. The quantitative estimate of drug-likeness (QED) is 0.359. The molecule has 0 radical (unpaired) electrons. The van der Waals surface area contributed by atoms with Gasteiger partial charge >= 0.3 is 0 Å². The zero-order valence-electron chi connectivity index (χ0n) is 11.7. The van der Waals surface area contributed by atoms with Gasteiger partial charge in [0.2, 0.25) is 0 Å². The summed E-state index contributed by atoms with van der Waals surface area (Å²) < 4.78 is 2.15. The Hall–Kier alpha value is -1.55. The van der Waals surface area contributed by atoms with E-state index in [1.807, 2.05) is 0 Å². The van der Waals surface area contributed by atoms with Gasteiger partial charge in [0.1, 0.15) is 5.69 Å². The summed E-state index contributed by atoms with van der Waals surface area (Å²) in [5.41, 5.74) is 1.00. The number of aliphatic hydroxyl groups is 1. The average molecular weight is 414 g/mol. The van der Waals surface area contributed by atoms with Gasteiger partial charge in [-0.3, -0.25) is 10.1 Å². The summed E-state index contributed by atoms with van der Waals surface area (Å²) in [5, 5.41) is 28.7. The van der Waals surface area contributed by atoms with E-state index in [1.165, 1.54) is 6.07 Å². The fourth-order valence-electron chi connectivity index (χ4n) is 2.90. The molecule has 22 heavy (non-hydrogen) atoms. The van der Waals surface area contributed by atoms with Crippen molar-refractivity contribution in [3.05, 3.63) is 40.6 Å². The number of nitro benzene ring substituents is 1. The molecule has 0 amide bonds. The monoisotopic (exact) mass is 414 g/mol. The number of alkyl halides is 1. The van der Waals surface area contributed by atoms with Crippen LogP contribution < -0.4 is 0 Å². The molecule has 0 bridgehead atoms. The van der Waals surface area contributed by atoms with Crippen molar-refractivity contribution < 1.29 is 10.0 Å². The molecule has 1 heterocycles. The minimum absolute atomic E-state index is 0.0280. The van der Waals surface area contributed by atoms with Crippen LogP contribution >= 0.6 is 22.6 Å². The molecule has 1 N–H and O–H groups in total. The predicted octanol–water partition coefficient (Wildman–Crippen LogP) is 2.60. The molecular formula is C14H15IN4O3. The first-order valence-corrected chi connectivity index (χ1v) is 8.25. The Kier molecular flexibility index (Phi) is 4.39. The third-order valence-electron chi connectivity index (χ3n) is 4.04. The molecule has 1 saturated carbocycles. The first-order chi connectivity index (χ1) is 10.6. The molecule has 1 aliphatic rings. The van der Waals surface area contributed by atoms with Crippen LogP contribution in [0.1, 0.15) is 18.9 Å². The number of hydrogen-bond acceptors (Lipinski definition) is 5. The summed E-state index contributed by atoms with van der Waals surface area (Å²) in [6.07, 6.45) is 3.56. The molecule has 2 aromatic rings. The normalized spacial score (nSPS) is 24.5. The molecule has 1 aromatic carbocycles. The molecular weight excluding hydrogens is 399 g/mol. The van der Waals surface area contributed by atoms with E-state index in [4.69, 9.17) is 0 Å². The lowest BCUT2D eigenvalue weighted by Gasteiger charge is -2.13. The minimum atomic E-state index is -0.410. The molecule has 1 aromatic heterocycles. The van der Waals surface area contributed by atoms with Gasteiger partial charge in [0, 0.05) is 16.6 Å². The summed E-state index contributed by atoms with van der Waals surface area (Å²) in [6.45, 7) is 0.182. The largest absolute Gasteiger partial charge is 0.396 e. The highest BCUT2D eigenvalue weighted by Crippen LogP contribution is 2.39. The Labute approximate surface area is 140 Å². The van der Waals surface area contributed by atoms with Crippen molar-refractivity contribution in [1.29, 1.82) is 0 Å². The van der Waals surface area contributed by atoms with Crippen LogP contribution in [0.15, 0.2) is 30.5 Å². The molecule has 0 spiro atoms. The van der Waals surface area contributed by atoms with E-state index >= 15 is 0 Å². The Bertz CT molecular complexity index is 690. The van der Waals surface area contributed by atoms with Gasteiger partial charge < -0.3 is 5.11 Å². The standard InChI is InChI=1S/C14H15IN4O3/c15-11-5-9(8-20)6-14(11)18-7-12(16-17-18)10-3-1-2-4-13(10)19(21)22/h1-4,7,9,11,14,20H,5-6,8H2/t9-,11-,14-/m0/s1. The highest BCUT2D eigenvalue weighted by Gasteiger charge is 2.34. The Morgan fingerprint density at radius 3 is 2.86 bits per heavy atom. The third kappa shape index (κ3) is 2.84. The van der Waals surface area contributed by atoms with Crippen molar-refractivity contribution in [2.24, 2.45) is 5.92 Å². The third-order valence-corrected chi connectivity index (χ3v) is 5.37. The van der Waals surface area contributed by atoms with Gasteiger partial charge in [-0.2, -0.15) is 0 Å². The fraction of sp³-hybridized carbons (Fsp3) is 0.429. The fourth-order valence-corrected chi connectivity index (χ4v) is 4.24. The van der Waals surface area contributed by atoms with Crippen molar-refractivity contribution in [1.82, 2.24) is 15.0 Å². The van der Waals surface area contributed by atoms with Crippen LogP contribution in [0.2, 0.25) is 0 Å². The van der Waals surface area contributed by atoms with Gasteiger partial charge in [0.15, 0.2) is 0 Å². The summed E-state index contributed by atoms with van der Waals surface area (Å²) >= 11 is 2.37. The summed E-state index contributed by atoms with van der Waals surface area (Å²) in [5.74, 6) is 0.283. The summed E-state index contributed by atoms with van der Waals surface area (Å²) in [4.78, 5) is 10.7. The number of rotatable bonds is 4. The van der Waals surface area contributed by atoms with Crippen LogP contribution in [0.5, 0.6) is 0 Å². The van der Waals surface area contributed by atoms with Gasteiger partial charge in [-0.05, 0) is 24.8 Å². The maximum Gasteiger partial charge on any atom is 0.278 e. The average Bonchev–Trinajstić information content (AvgIpc) is 3.13. The van der Waals surface area contributed by atoms with Crippen molar-refractivity contribution >= 4 is 28.3 Å². The van der Waals surface area contributed by atoms with Crippen molar-refractivity contribution in [2.75, 3.05) is 6.61 Å². The Morgan fingerprint density at radius 2 is 2.18 bits per heavy atom. The van der Waals surface area contributed by atoms with Crippen LogP contribution in [0.4, 0.5) is 5.69 Å². The van der Waals surface area contributed by atoms with Crippen LogP contribution in [-0.2, 0) is 0 Å². The minimum Gasteiger partial charge on any atom is -0.396 e. The van der Waals surface area contributed by atoms with Crippen LogP contribution in [-0.4, -0.2) is 35.6 Å². The lowest BCUT2D eigenvalue weighted by atomic mass is 10.1. The zero-order chi connectivity index (χ0) is 15.7. The molecule has 8 heteroatoms.